The van der Waals surface area contributed by atoms with E-state index in [4.69, 9.17) is 5.73 Å². The van der Waals surface area contributed by atoms with Gasteiger partial charge >= 0.3 is 0 Å². The molecule has 4 N–H and O–H groups in total. The molecular weight excluding hydrogens is 226 g/mol. The minimum absolute atomic E-state index is 0.0218. The molecular formula is C14H19N3O. The van der Waals surface area contributed by atoms with Gasteiger partial charge in [0.15, 0.2) is 0 Å². The number of carbonyl (C=O) groups excluding carboxylic acids is 1. The van der Waals surface area contributed by atoms with Crippen molar-refractivity contribution in [2.24, 2.45) is 5.73 Å². The van der Waals surface area contributed by atoms with E-state index in [1.807, 2.05) is 6.20 Å². The van der Waals surface area contributed by atoms with E-state index in [2.05, 4.69) is 35.4 Å². The number of fused-ring (bicyclic) bond motifs is 1. The van der Waals surface area contributed by atoms with Crippen LogP contribution in [0.2, 0.25) is 0 Å². The van der Waals surface area contributed by atoms with Crippen molar-refractivity contribution >= 4 is 16.8 Å². The first-order valence-electron chi connectivity index (χ1n) is 6.24. The molecule has 0 aliphatic rings. The van der Waals surface area contributed by atoms with Crippen LogP contribution in [0.1, 0.15) is 17.5 Å². The number of H-pyrrole nitrogens is 1. The van der Waals surface area contributed by atoms with Gasteiger partial charge in [0.25, 0.3) is 0 Å². The number of nitrogens with two attached hydrogens (primary N) is 1. The zero-order valence-electron chi connectivity index (χ0n) is 10.6. The average molecular weight is 245 g/mol. The fraction of sp³-hybridized carbons (Fsp3) is 0.357. The summed E-state index contributed by atoms with van der Waals surface area (Å²) in [4.78, 5) is 14.6. The van der Waals surface area contributed by atoms with Crippen LogP contribution in [0, 0.1) is 6.92 Å². The Kier molecular flexibility index (Phi) is 3.99. The molecule has 2 aromatic rings. The summed E-state index contributed by atoms with van der Waals surface area (Å²) in [6.07, 6.45) is 3.25. The van der Waals surface area contributed by atoms with Crippen LogP contribution in [0.4, 0.5) is 0 Å². The molecule has 1 amide bonds. The van der Waals surface area contributed by atoms with Gasteiger partial charge in [-0.05, 0) is 24.5 Å². The zero-order valence-corrected chi connectivity index (χ0v) is 10.6. The fourth-order valence-electron chi connectivity index (χ4n) is 2.13. The Balaban J connectivity index is 2.00. The minimum Gasteiger partial charge on any atom is -0.361 e. The van der Waals surface area contributed by atoms with E-state index in [-0.39, 0.29) is 5.91 Å². The summed E-state index contributed by atoms with van der Waals surface area (Å²) in [6.45, 7) is 3.14. The molecule has 0 saturated heterocycles. The van der Waals surface area contributed by atoms with Crippen LogP contribution in [0.3, 0.4) is 0 Å². The van der Waals surface area contributed by atoms with Crippen molar-refractivity contribution in [3.8, 4) is 0 Å². The van der Waals surface area contributed by atoms with Gasteiger partial charge in [-0.25, -0.2) is 0 Å². The number of hydrogen-bond donors (Lipinski definition) is 3. The average Bonchev–Trinajstić information content (AvgIpc) is 2.75. The number of benzene rings is 1. The van der Waals surface area contributed by atoms with Crippen molar-refractivity contribution in [2.75, 3.05) is 13.1 Å². The fourth-order valence-corrected chi connectivity index (χ4v) is 2.13. The highest BCUT2D eigenvalue weighted by Crippen LogP contribution is 2.21. The summed E-state index contributed by atoms with van der Waals surface area (Å²) in [5.41, 5.74) is 8.98. The summed E-state index contributed by atoms with van der Waals surface area (Å²) in [5, 5.41) is 4.11. The van der Waals surface area contributed by atoms with Crippen LogP contribution in [-0.2, 0) is 11.2 Å². The highest BCUT2D eigenvalue weighted by Gasteiger charge is 2.05. The zero-order chi connectivity index (χ0) is 13.0. The van der Waals surface area contributed by atoms with Crippen LogP contribution in [0.5, 0.6) is 0 Å². The van der Waals surface area contributed by atoms with Crippen molar-refractivity contribution in [1.82, 2.24) is 10.3 Å². The molecule has 1 aromatic heterocycles. The largest absolute Gasteiger partial charge is 0.361 e. The summed E-state index contributed by atoms with van der Waals surface area (Å²) >= 11 is 0. The lowest BCUT2D eigenvalue weighted by Gasteiger charge is -2.03. The Morgan fingerprint density at radius 3 is 3.06 bits per heavy atom. The third-order valence-electron chi connectivity index (χ3n) is 3.10. The molecule has 0 saturated carbocycles. The predicted octanol–water partition coefficient (Wildman–Crippen LogP) is 1.48. The highest BCUT2D eigenvalue weighted by molar-refractivity contribution is 5.86. The number of aromatic amines is 1. The molecule has 0 radical (unpaired) electrons. The van der Waals surface area contributed by atoms with E-state index in [1.54, 1.807) is 0 Å². The number of rotatable bonds is 5. The van der Waals surface area contributed by atoms with Crippen molar-refractivity contribution < 1.29 is 4.79 Å². The van der Waals surface area contributed by atoms with Gasteiger partial charge in [0.05, 0.1) is 0 Å². The standard InChI is InChI=1S/C14H19N3O/c1-10-3-2-4-12-11(9-17-14(10)12)6-8-16-13(18)5-7-15/h2-4,9,17H,5-8,15H2,1H3,(H,16,18). The van der Waals surface area contributed by atoms with Gasteiger partial charge < -0.3 is 16.0 Å². The number of aryl methyl sites for hydroxylation is 1. The maximum Gasteiger partial charge on any atom is 0.221 e. The lowest BCUT2D eigenvalue weighted by atomic mass is 10.1. The Morgan fingerprint density at radius 1 is 1.44 bits per heavy atom. The van der Waals surface area contributed by atoms with E-state index >= 15 is 0 Å². The van der Waals surface area contributed by atoms with Crippen LogP contribution in [0.25, 0.3) is 10.9 Å². The summed E-state index contributed by atoms with van der Waals surface area (Å²) in [6, 6.07) is 6.25. The van der Waals surface area contributed by atoms with Crippen LogP contribution < -0.4 is 11.1 Å². The SMILES string of the molecule is Cc1cccc2c(CCNC(=O)CCN)c[nH]c12. The monoisotopic (exact) mass is 245 g/mol. The van der Waals surface area contributed by atoms with Crippen molar-refractivity contribution in [2.45, 2.75) is 19.8 Å². The van der Waals surface area contributed by atoms with E-state index < -0.39 is 0 Å². The van der Waals surface area contributed by atoms with Crippen LogP contribution in [-0.4, -0.2) is 24.0 Å². The number of nitrogens with one attached hydrogen (secondary N) is 2. The lowest BCUT2D eigenvalue weighted by Crippen LogP contribution is -2.27. The highest BCUT2D eigenvalue weighted by atomic mass is 16.1. The van der Waals surface area contributed by atoms with E-state index in [9.17, 15) is 4.79 Å². The number of para-hydroxylation sites is 1. The normalized spacial score (nSPS) is 10.8. The van der Waals surface area contributed by atoms with E-state index in [1.165, 1.54) is 22.0 Å². The van der Waals surface area contributed by atoms with Gasteiger partial charge in [-0.3, -0.25) is 4.79 Å². The van der Waals surface area contributed by atoms with Gasteiger partial charge in [0.1, 0.15) is 0 Å². The second kappa shape index (κ2) is 5.69. The maximum atomic E-state index is 11.3. The van der Waals surface area contributed by atoms with Gasteiger partial charge in [0, 0.05) is 36.6 Å². The maximum absolute atomic E-state index is 11.3. The van der Waals surface area contributed by atoms with Gasteiger partial charge in [-0.2, -0.15) is 0 Å². The molecule has 1 aromatic carbocycles. The quantitative estimate of drug-likeness (QED) is 0.746. The molecule has 1 heterocycles. The molecule has 4 nitrogen and oxygen atoms in total. The van der Waals surface area contributed by atoms with Crippen molar-refractivity contribution in [1.29, 1.82) is 0 Å². The third kappa shape index (κ3) is 2.71. The molecule has 96 valence electrons. The Morgan fingerprint density at radius 2 is 2.28 bits per heavy atom. The van der Waals surface area contributed by atoms with E-state index in [0.29, 0.717) is 19.5 Å². The van der Waals surface area contributed by atoms with Crippen molar-refractivity contribution in [3.63, 3.8) is 0 Å². The first-order valence-corrected chi connectivity index (χ1v) is 6.24. The number of aromatic nitrogens is 1. The smallest absolute Gasteiger partial charge is 0.221 e. The number of hydrogen-bond acceptors (Lipinski definition) is 2. The van der Waals surface area contributed by atoms with Gasteiger partial charge in [0.2, 0.25) is 5.91 Å². The first-order chi connectivity index (χ1) is 8.72. The summed E-state index contributed by atoms with van der Waals surface area (Å²) in [5.74, 6) is 0.0218. The molecule has 0 unspecified atom stereocenters. The van der Waals surface area contributed by atoms with Gasteiger partial charge in [-0.1, -0.05) is 18.2 Å². The summed E-state index contributed by atoms with van der Waals surface area (Å²) in [7, 11) is 0. The van der Waals surface area contributed by atoms with E-state index in [0.717, 1.165) is 6.42 Å². The van der Waals surface area contributed by atoms with Crippen LogP contribution >= 0.6 is 0 Å². The molecule has 0 bridgehead atoms. The molecule has 0 aliphatic carbocycles. The lowest BCUT2D eigenvalue weighted by molar-refractivity contribution is -0.120. The molecule has 0 aliphatic heterocycles. The molecule has 0 atom stereocenters. The number of carbonyl (C=O) groups is 1. The molecule has 18 heavy (non-hydrogen) atoms. The Labute approximate surface area is 107 Å². The second-order valence-corrected chi connectivity index (χ2v) is 4.45. The minimum atomic E-state index is 0.0218. The third-order valence-corrected chi connectivity index (χ3v) is 3.10. The van der Waals surface area contributed by atoms with Crippen molar-refractivity contribution in [3.05, 3.63) is 35.5 Å². The Bertz CT molecular complexity index is 545. The van der Waals surface area contributed by atoms with Gasteiger partial charge in [-0.15, -0.1) is 0 Å². The number of amides is 1. The Hall–Kier alpha value is -1.81. The first kappa shape index (κ1) is 12.6. The molecule has 4 heteroatoms. The molecule has 0 fully saturated rings. The van der Waals surface area contributed by atoms with Crippen LogP contribution in [0.15, 0.2) is 24.4 Å². The second-order valence-electron chi connectivity index (χ2n) is 4.45. The topological polar surface area (TPSA) is 70.9 Å². The molecule has 0 spiro atoms. The predicted molar refractivity (Wildman–Crippen MR) is 73.4 cm³/mol. The molecule has 2 rings (SSSR count). The summed E-state index contributed by atoms with van der Waals surface area (Å²) < 4.78 is 0.